The second-order valence-electron chi connectivity index (χ2n) is 7.02. The van der Waals surface area contributed by atoms with Crippen LogP contribution in [-0.2, 0) is 6.54 Å². The lowest BCUT2D eigenvalue weighted by Crippen LogP contribution is -2.42. The summed E-state index contributed by atoms with van der Waals surface area (Å²) >= 11 is 0. The van der Waals surface area contributed by atoms with Gasteiger partial charge in [0.1, 0.15) is 0 Å². The maximum Gasteiger partial charge on any atom is 0.266 e. The lowest BCUT2D eigenvalue weighted by Gasteiger charge is -2.30. The van der Waals surface area contributed by atoms with E-state index in [9.17, 15) is 4.79 Å². The number of rotatable bonds is 4. The van der Waals surface area contributed by atoms with Crippen LogP contribution >= 0.6 is 0 Å². The van der Waals surface area contributed by atoms with Gasteiger partial charge in [0.25, 0.3) is 5.56 Å². The van der Waals surface area contributed by atoms with Gasteiger partial charge in [-0.1, -0.05) is 12.8 Å². The first-order valence-electron chi connectivity index (χ1n) is 8.65. The molecule has 0 N–H and O–H groups in total. The minimum absolute atomic E-state index is 0.0673. The first-order valence-corrected chi connectivity index (χ1v) is 8.65. The number of aromatic nitrogens is 2. The molecule has 4 rings (SSSR count). The van der Waals surface area contributed by atoms with Crippen LogP contribution in [0.15, 0.2) is 16.9 Å². The standard InChI is InChI=1S/C17H25N3O/c21-17-10-9-16(13-7-8-13)18-20(17)12-15-6-3-11-19(15)14-4-1-2-5-14/h9-10,13-15H,1-8,11-12H2. The van der Waals surface area contributed by atoms with Gasteiger partial charge in [0.05, 0.1) is 12.2 Å². The molecule has 1 unspecified atom stereocenters. The SMILES string of the molecule is O=c1ccc(C2CC2)nn1CC1CCCN1C1CCCC1. The number of nitrogens with zero attached hydrogens (tertiary/aromatic N) is 3. The fraction of sp³-hybridized carbons (Fsp3) is 0.765. The second-order valence-corrected chi connectivity index (χ2v) is 7.02. The van der Waals surface area contributed by atoms with E-state index in [1.807, 2.05) is 6.07 Å². The van der Waals surface area contributed by atoms with Gasteiger partial charge >= 0.3 is 0 Å². The first-order chi connectivity index (χ1) is 10.3. The van der Waals surface area contributed by atoms with Crippen LogP contribution in [0.4, 0.5) is 0 Å². The molecule has 1 atom stereocenters. The van der Waals surface area contributed by atoms with E-state index in [0.29, 0.717) is 12.0 Å². The largest absolute Gasteiger partial charge is 0.296 e. The highest BCUT2D eigenvalue weighted by molar-refractivity contribution is 5.12. The molecule has 1 saturated heterocycles. The summed E-state index contributed by atoms with van der Waals surface area (Å²) in [4.78, 5) is 14.8. The van der Waals surface area contributed by atoms with Gasteiger partial charge in [-0.3, -0.25) is 9.69 Å². The Morgan fingerprint density at radius 3 is 2.62 bits per heavy atom. The van der Waals surface area contributed by atoms with Crippen molar-refractivity contribution in [3.8, 4) is 0 Å². The third-order valence-electron chi connectivity index (χ3n) is 5.48. The Morgan fingerprint density at radius 1 is 1.05 bits per heavy atom. The summed E-state index contributed by atoms with van der Waals surface area (Å²) < 4.78 is 1.74. The Labute approximate surface area is 126 Å². The maximum atomic E-state index is 12.1. The third kappa shape index (κ3) is 2.78. The van der Waals surface area contributed by atoms with Crippen LogP contribution in [0.3, 0.4) is 0 Å². The normalized spacial score (nSPS) is 27.5. The minimum Gasteiger partial charge on any atom is -0.296 e. The maximum absolute atomic E-state index is 12.1. The predicted molar refractivity (Wildman–Crippen MR) is 82.5 cm³/mol. The Kier molecular flexibility index (Phi) is 3.57. The van der Waals surface area contributed by atoms with Crippen LogP contribution in [0.5, 0.6) is 0 Å². The molecule has 0 aromatic carbocycles. The van der Waals surface area contributed by atoms with Crippen molar-refractivity contribution in [3.63, 3.8) is 0 Å². The van der Waals surface area contributed by atoms with Crippen LogP contribution < -0.4 is 5.56 Å². The summed E-state index contributed by atoms with van der Waals surface area (Å²) in [6.07, 6.45) is 10.4. The molecule has 0 spiro atoms. The summed E-state index contributed by atoms with van der Waals surface area (Å²) in [6.45, 7) is 2.00. The summed E-state index contributed by atoms with van der Waals surface area (Å²) in [6, 6.07) is 4.93. The second kappa shape index (κ2) is 5.56. The molecule has 1 aliphatic heterocycles. The molecular formula is C17H25N3O. The van der Waals surface area contributed by atoms with E-state index in [-0.39, 0.29) is 5.56 Å². The topological polar surface area (TPSA) is 38.1 Å². The zero-order chi connectivity index (χ0) is 14.2. The number of hydrogen-bond acceptors (Lipinski definition) is 3. The molecule has 0 radical (unpaired) electrons. The highest BCUT2D eigenvalue weighted by Crippen LogP contribution is 2.38. The summed E-state index contributed by atoms with van der Waals surface area (Å²) in [7, 11) is 0. The van der Waals surface area contributed by atoms with E-state index in [1.165, 1.54) is 57.9 Å². The van der Waals surface area contributed by atoms with E-state index in [1.54, 1.807) is 10.7 Å². The first kappa shape index (κ1) is 13.5. The number of hydrogen-bond donors (Lipinski definition) is 0. The van der Waals surface area contributed by atoms with Crippen molar-refractivity contribution >= 4 is 0 Å². The van der Waals surface area contributed by atoms with Crippen molar-refractivity contribution in [1.29, 1.82) is 0 Å². The molecule has 4 nitrogen and oxygen atoms in total. The van der Waals surface area contributed by atoms with E-state index in [2.05, 4.69) is 10.00 Å². The average molecular weight is 287 g/mol. The van der Waals surface area contributed by atoms with E-state index in [0.717, 1.165) is 18.3 Å². The van der Waals surface area contributed by atoms with E-state index in [4.69, 9.17) is 0 Å². The smallest absolute Gasteiger partial charge is 0.266 e. The van der Waals surface area contributed by atoms with Crippen molar-refractivity contribution in [2.24, 2.45) is 0 Å². The Morgan fingerprint density at radius 2 is 1.86 bits per heavy atom. The molecule has 2 aliphatic carbocycles. The molecule has 2 heterocycles. The summed E-state index contributed by atoms with van der Waals surface area (Å²) in [5.74, 6) is 0.617. The van der Waals surface area contributed by atoms with E-state index >= 15 is 0 Å². The monoisotopic (exact) mass is 287 g/mol. The van der Waals surface area contributed by atoms with Gasteiger partial charge in [-0.25, -0.2) is 4.68 Å². The molecule has 3 aliphatic rings. The van der Waals surface area contributed by atoms with Crippen LogP contribution in [0, 0.1) is 0 Å². The lowest BCUT2D eigenvalue weighted by molar-refractivity contribution is 0.162. The molecule has 3 fully saturated rings. The van der Waals surface area contributed by atoms with Crippen molar-refractivity contribution in [3.05, 3.63) is 28.2 Å². The average Bonchev–Trinajstić information content (AvgIpc) is 3.00. The predicted octanol–water partition coefficient (Wildman–Crippen LogP) is 2.53. The quantitative estimate of drug-likeness (QED) is 0.854. The molecular weight excluding hydrogens is 262 g/mol. The summed E-state index contributed by atoms with van der Waals surface area (Å²) in [5.41, 5.74) is 1.19. The molecule has 1 aromatic rings. The molecule has 2 saturated carbocycles. The van der Waals surface area contributed by atoms with Gasteiger partial charge < -0.3 is 0 Å². The summed E-state index contributed by atoms with van der Waals surface area (Å²) in [5, 5.41) is 4.64. The van der Waals surface area contributed by atoms with Gasteiger partial charge in [0.15, 0.2) is 0 Å². The third-order valence-corrected chi connectivity index (χ3v) is 5.48. The van der Waals surface area contributed by atoms with Gasteiger partial charge in [-0.15, -0.1) is 0 Å². The highest BCUT2D eigenvalue weighted by Gasteiger charge is 2.33. The Hall–Kier alpha value is -1.16. The van der Waals surface area contributed by atoms with Crippen molar-refractivity contribution in [2.75, 3.05) is 6.54 Å². The van der Waals surface area contributed by atoms with Gasteiger partial charge in [-0.05, 0) is 51.1 Å². The Bertz CT molecular complexity index is 557. The molecule has 4 heteroatoms. The Balaban J connectivity index is 1.51. The van der Waals surface area contributed by atoms with E-state index < -0.39 is 0 Å². The van der Waals surface area contributed by atoms with Gasteiger partial charge in [-0.2, -0.15) is 5.10 Å². The molecule has 21 heavy (non-hydrogen) atoms. The van der Waals surface area contributed by atoms with Crippen LogP contribution in [0.1, 0.15) is 63.0 Å². The highest BCUT2D eigenvalue weighted by atomic mass is 16.1. The molecule has 1 aromatic heterocycles. The molecule has 0 amide bonds. The molecule has 114 valence electrons. The fourth-order valence-corrected chi connectivity index (χ4v) is 4.16. The van der Waals surface area contributed by atoms with Crippen molar-refractivity contribution < 1.29 is 0 Å². The molecule has 0 bridgehead atoms. The minimum atomic E-state index is 0.0673. The van der Waals surface area contributed by atoms with Gasteiger partial charge in [0, 0.05) is 24.1 Å². The van der Waals surface area contributed by atoms with Crippen LogP contribution in [0.2, 0.25) is 0 Å². The fourth-order valence-electron chi connectivity index (χ4n) is 4.16. The van der Waals surface area contributed by atoms with Crippen LogP contribution in [0.25, 0.3) is 0 Å². The zero-order valence-corrected chi connectivity index (χ0v) is 12.7. The number of likely N-dealkylation sites (tertiary alicyclic amines) is 1. The van der Waals surface area contributed by atoms with Crippen molar-refractivity contribution in [2.45, 2.75) is 75.9 Å². The van der Waals surface area contributed by atoms with Gasteiger partial charge in [0.2, 0.25) is 0 Å². The van der Waals surface area contributed by atoms with Crippen LogP contribution in [-0.4, -0.2) is 33.3 Å². The lowest BCUT2D eigenvalue weighted by atomic mass is 10.1. The van der Waals surface area contributed by atoms with Crippen molar-refractivity contribution in [1.82, 2.24) is 14.7 Å². The zero-order valence-electron chi connectivity index (χ0n) is 12.7.